The molecular weight excluding hydrogens is 188 g/mol. The van der Waals surface area contributed by atoms with Crippen molar-refractivity contribution in [3.05, 3.63) is 0 Å². The van der Waals surface area contributed by atoms with Crippen molar-refractivity contribution >= 4 is 0 Å². The van der Waals surface area contributed by atoms with E-state index in [1.165, 1.54) is 32.2 Å². The number of rotatable bonds is 7. The minimum Gasteiger partial charge on any atom is -0.380 e. The molecule has 0 aromatic carbocycles. The fraction of sp³-hybridized carbons (Fsp3) is 1.00. The highest BCUT2D eigenvalue weighted by Gasteiger charge is 2.24. The Balaban J connectivity index is 1.55. The maximum Gasteiger partial charge on any atom is 0.0593 e. The van der Waals surface area contributed by atoms with E-state index in [9.17, 15) is 0 Å². The summed E-state index contributed by atoms with van der Waals surface area (Å²) < 4.78 is 5.68. The van der Waals surface area contributed by atoms with Crippen LogP contribution in [0.15, 0.2) is 0 Å². The molecule has 3 nitrogen and oxygen atoms in total. The van der Waals surface area contributed by atoms with Crippen LogP contribution in [0.1, 0.15) is 25.7 Å². The van der Waals surface area contributed by atoms with Gasteiger partial charge in [0, 0.05) is 25.7 Å². The number of nitrogens with one attached hydrogen (secondary N) is 1. The smallest absolute Gasteiger partial charge is 0.0593 e. The summed E-state index contributed by atoms with van der Waals surface area (Å²) in [6, 6.07) is 0.750. The highest BCUT2D eigenvalue weighted by molar-refractivity contribution is 4.80. The summed E-state index contributed by atoms with van der Waals surface area (Å²) in [6.07, 6.45) is 5.50. The molecule has 1 N–H and O–H groups in total. The van der Waals surface area contributed by atoms with E-state index in [-0.39, 0.29) is 0 Å². The zero-order valence-corrected chi connectivity index (χ0v) is 9.87. The van der Waals surface area contributed by atoms with Gasteiger partial charge in [-0.05, 0) is 45.2 Å². The van der Waals surface area contributed by atoms with Crippen LogP contribution < -0.4 is 5.32 Å². The summed E-state index contributed by atoms with van der Waals surface area (Å²) in [4.78, 5) is 2.57. The van der Waals surface area contributed by atoms with Crippen molar-refractivity contribution in [2.45, 2.75) is 31.7 Å². The summed E-state index contributed by atoms with van der Waals surface area (Å²) in [5.74, 6) is 0.900. The maximum atomic E-state index is 5.68. The average Bonchev–Trinajstić information content (AvgIpc) is 2.96. The van der Waals surface area contributed by atoms with E-state index >= 15 is 0 Å². The quantitative estimate of drug-likeness (QED) is 0.640. The lowest BCUT2D eigenvalue weighted by Gasteiger charge is -2.23. The molecule has 1 saturated carbocycles. The van der Waals surface area contributed by atoms with Crippen LogP contribution in [0, 0.1) is 5.92 Å². The lowest BCUT2D eigenvalue weighted by atomic mass is 10.2. The van der Waals surface area contributed by atoms with Crippen LogP contribution in [0.3, 0.4) is 0 Å². The Morgan fingerprint density at radius 1 is 1.33 bits per heavy atom. The van der Waals surface area contributed by atoms with Gasteiger partial charge >= 0.3 is 0 Å². The van der Waals surface area contributed by atoms with Gasteiger partial charge in [0.2, 0.25) is 0 Å². The molecule has 1 heterocycles. The van der Waals surface area contributed by atoms with Crippen LogP contribution in [0.2, 0.25) is 0 Å². The van der Waals surface area contributed by atoms with Crippen molar-refractivity contribution in [1.29, 1.82) is 0 Å². The van der Waals surface area contributed by atoms with Gasteiger partial charge in [0.1, 0.15) is 0 Å². The molecule has 0 aromatic heterocycles. The molecule has 2 rings (SSSR count). The van der Waals surface area contributed by atoms with E-state index in [1.807, 2.05) is 7.05 Å². The van der Waals surface area contributed by atoms with Gasteiger partial charge in [-0.2, -0.15) is 0 Å². The second kappa shape index (κ2) is 5.83. The maximum absolute atomic E-state index is 5.68. The third kappa shape index (κ3) is 3.74. The van der Waals surface area contributed by atoms with Gasteiger partial charge in [0.25, 0.3) is 0 Å². The van der Waals surface area contributed by atoms with Crippen molar-refractivity contribution in [2.24, 2.45) is 5.92 Å². The van der Waals surface area contributed by atoms with Crippen LogP contribution in [0.25, 0.3) is 0 Å². The Labute approximate surface area is 93.2 Å². The van der Waals surface area contributed by atoms with Crippen molar-refractivity contribution in [1.82, 2.24) is 10.2 Å². The van der Waals surface area contributed by atoms with Gasteiger partial charge < -0.3 is 10.1 Å². The average molecular weight is 212 g/mol. The van der Waals surface area contributed by atoms with Crippen molar-refractivity contribution in [3.8, 4) is 0 Å². The first-order chi connectivity index (χ1) is 7.40. The molecule has 1 aliphatic carbocycles. The van der Waals surface area contributed by atoms with Gasteiger partial charge in [0.05, 0.1) is 6.61 Å². The fourth-order valence-electron chi connectivity index (χ4n) is 2.37. The lowest BCUT2D eigenvalue weighted by molar-refractivity contribution is 0.0924. The molecule has 1 unspecified atom stereocenters. The van der Waals surface area contributed by atoms with Crippen LogP contribution in [-0.4, -0.2) is 50.8 Å². The number of hydrogen-bond acceptors (Lipinski definition) is 3. The SMILES string of the molecule is CNCC1CCCN1CCOCC1CC1. The van der Waals surface area contributed by atoms with E-state index in [4.69, 9.17) is 4.74 Å². The second-order valence-electron chi connectivity index (χ2n) is 4.91. The van der Waals surface area contributed by atoms with E-state index in [0.717, 1.165) is 38.3 Å². The summed E-state index contributed by atoms with van der Waals surface area (Å²) in [5.41, 5.74) is 0. The molecule has 1 saturated heterocycles. The van der Waals surface area contributed by atoms with Crippen LogP contribution >= 0.6 is 0 Å². The Bertz CT molecular complexity index is 182. The number of nitrogens with zero attached hydrogens (tertiary/aromatic N) is 1. The summed E-state index contributed by atoms with van der Waals surface area (Å²) in [7, 11) is 2.04. The molecule has 0 radical (unpaired) electrons. The van der Waals surface area contributed by atoms with E-state index < -0.39 is 0 Å². The van der Waals surface area contributed by atoms with Crippen molar-refractivity contribution in [2.75, 3.05) is 39.9 Å². The first kappa shape index (κ1) is 11.4. The van der Waals surface area contributed by atoms with Crippen molar-refractivity contribution < 1.29 is 4.74 Å². The third-order valence-electron chi connectivity index (χ3n) is 3.51. The summed E-state index contributed by atoms with van der Waals surface area (Å²) >= 11 is 0. The van der Waals surface area contributed by atoms with Gasteiger partial charge in [-0.25, -0.2) is 0 Å². The Hall–Kier alpha value is -0.120. The molecule has 0 aromatic rings. The minimum atomic E-state index is 0.750. The van der Waals surface area contributed by atoms with E-state index in [0.29, 0.717) is 0 Å². The highest BCUT2D eigenvalue weighted by atomic mass is 16.5. The molecule has 1 atom stereocenters. The second-order valence-corrected chi connectivity index (χ2v) is 4.91. The van der Waals surface area contributed by atoms with Crippen LogP contribution in [0.4, 0.5) is 0 Å². The predicted molar refractivity (Wildman–Crippen MR) is 62.1 cm³/mol. The molecule has 88 valence electrons. The number of ether oxygens (including phenoxy) is 1. The Kier molecular flexibility index (Phi) is 4.42. The predicted octanol–water partition coefficient (Wildman–Crippen LogP) is 1.10. The Morgan fingerprint density at radius 2 is 2.20 bits per heavy atom. The van der Waals surface area contributed by atoms with Crippen LogP contribution in [0.5, 0.6) is 0 Å². The molecule has 2 aliphatic rings. The summed E-state index contributed by atoms with van der Waals surface area (Å²) in [5, 5.41) is 3.28. The van der Waals surface area contributed by atoms with E-state index in [2.05, 4.69) is 10.2 Å². The molecular formula is C12H24N2O. The highest BCUT2D eigenvalue weighted by Crippen LogP contribution is 2.28. The topological polar surface area (TPSA) is 24.5 Å². The fourth-order valence-corrected chi connectivity index (χ4v) is 2.37. The van der Waals surface area contributed by atoms with Gasteiger partial charge in [-0.3, -0.25) is 4.90 Å². The molecule has 0 bridgehead atoms. The zero-order valence-electron chi connectivity index (χ0n) is 9.87. The molecule has 0 spiro atoms. The van der Waals surface area contributed by atoms with Crippen molar-refractivity contribution in [3.63, 3.8) is 0 Å². The Morgan fingerprint density at radius 3 is 2.93 bits per heavy atom. The third-order valence-corrected chi connectivity index (χ3v) is 3.51. The molecule has 1 aliphatic heterocycles. The normalized spacial score (nSPS) is 27.4. The number of hydrogen-bond donors (Lipinski definition) is 1. The zero-order chi connectivity index (χ0) is 10.5. The summed E-state index contributed by atoms with van der Waals surface area (Å²) in [6.45, 7) is 5.45. The van der Waals surface area contributed by atoms with Gasteiger partial charge in [-0.1, -0.05) is 0 Å². The van der Waals surface area contributed by atoms with Crippen LogP contribution in [-0.2, 0) is 4.74 Å². The largest absolute Gasteiger partial charge is 0.380 e. The molecule has 2 fully saturated rings. The minimum absolute atomic E-state index is 0.750. The van der Waals surface area contributed by atoms with E-state index in [1.54, 1.807) is 0 Å². The number of likely N-dealkylation sites (tertiary alicyclic amines) is 1. The molecule has 0 amide bonds. The first-order valence-electron chi connectivity index (χ1n) is 6.36. The standard InChI is InChI=1S/C12H24N2O/c1-13-9-12-3-2-6-14(12)7-8-15-10-11-4-5-11/h11-13H,2-10H2,1H3. The monoisotopic (exact) mass is 212 g/mol. The molecule has 3 heteroatoms. The van der Waals surface area contributed by atoms with Gasteiger partial charge in [-0.15, -0.1) is 0 Å². The molecule has 15 heavy (non-hydrogen) atoms. The first-order valence-corrected chi connectivity index (χ1v) is 6.36. The number of likely N-dealkylation sites (N-methyl/N-ethyl adjacent to an activating group) is 1. The lowest BCUT2D eigenvalue weighted by Crippen LogP contribution is -2.38. The van der Waals surface area contributed by atoms with Gasteiger partial charge in [0.15, 0.2) is 0 Å².